The third kappa shape index (κ3) is 4.44. The lowest BCUT2D eigenvalue weighted by atomic mass is 10.2. The van der Waals surface area contributed by atoms with Crippen molar-refractivity contribution in [2.45, 2.75) is 31.7 Å². The topological polar surface area (TPSA) is 104 Å². The summed E-state index contributed by atoms with van der Waals surface area (Å²) >= 11 is 0. The molecule has 1 aliphatic carbocycles. The molecule has 0 saturated heterocycles. The minimum Gasteiger partial charge on any atom is -0.481 e. The van der Waals surface area contributed by atoms with Gasteiger partial charge in [0.1, 0.15) is 6.04 Å². The molecule has 15 heavy (non-hydrogen) atoms. The van der Waals surface area contributed by atoms with Crippen molar-refractivity contribution in [2.24, 2.45) is 5.92 Å². The van der Waals surface area contributed by atoms with Crippen molar-refractivity contribution in [1.82, 2.24) is 5.32 Å². The van der Waals surface area contributed by atoms with Crippen LogP contribution in [0.3, 0.4) is 0 Å². The highest BCUT2D eigenvalue weighted by molar-refractivity contribution is 5.86. The van der Waals surface area contributed by atoms with Gasteiger partial charge < -0.3 is 15.5 Å². The number of carbonyl (C=O) groups is 3. The zero-order valence-corrected chi connectivity index (χ0v) is 8.10. The smallest absolute Gasteiger partial charge is 0.326 e. The first-order valence-electron chi connectivity index (χ1n) is 4.73. The Hall–Kier alpha value is -1.59. The number of hydrogen-bond donors (Lipinski definition) is 3. The first-order chi connectivity index (χ1) is 6.99. The van der Waals surface area contributed by atoms with Gasteiger partial charge in [0.2, 0.25) is 5.91 Å². The Morgan fingerprint density at radius 1 is 1.27 bits per heavy atom. The Balaban J connectivity index is 2.38. The van der Waals surface area contributed by atoms with Gasteiger partial charge in [-0.3, -0.25) is 9.59 Å². The summed E-state index contributed by atoms with van der Waals surface area (Å²) in [5.74, 6) is -2.59. The van der Waals surface area contributed by atoms with Crippen LogP contribution in [0.2, 0.25) is 0 Å². The highest BCUT2D eigenvalue weighted by Gasteiger charge is 2.28. The number of carboxylic acid groups (broad SMARTS) is 2. The fraction of sp³-hybridized carbons (Fsp3) is 0.667. The average molecular weight is 215 g/mol. The van der Waals surface area contributed by atoms with Crippen LogP contribution in [-0.2, 0) is 14.4 Å². The van der Waals surface area contributed by atoms with Gasteiger partial charge in [0.15, 0.2) is 0 Å². The van der Waals surface area contributed by atoms with Crippen molar-refractivity contribution in [3.05, 3.63) is 0 Å². The van der Waals surface area contributed by atoms with E-state index in [1.165, 1.54) is 0 Å². The monoisotopic (exact) mass is 215 g/mol. The second-order valence-electron chi connectivity index (χ2n) is 3.70. The molecule has 1 rings (SSSR count). The zero-order valence-electron chi connectivity index (χ0n) is 8.10. The van der Waals surface area contributed by atoms with Gasteiger partial charge in [0.25, 0.3) is 0 Å². The summed E-state index contributed by atoms with van der Waals surface area (Å²) in [4.78, 5) is 32.1. The molecule has 3 N–H and O–H groups in total. The summed E-state index contributed by atoms with van der Waals surface area (Å²) in [5, 5.41) is 19.3. The lowest BCUT2D eigenvalue weighted by molar-refractivity contribution is -0.147. The molecule has 0 heterocycles. The van der Waals surface area contributed by atoms with Crippen LogP contribution in [0.25, 0.3) is 0 Å². The van der Waals surface area contributed by atoms with Gasteiger partial charge in [-0.15, -0.1) is 0 Å². The fourth-order valence-corrected chi connectivity index (χ4v) is 1.21. The molecule has 6 nitrogen and oxygen atoms in total. The summed E-state index contributed by atoms with van der Waals surface area (Å²) in [7, 11) is 0. The molecular formula is C9H13NO5. The van der Waals surface area contributed by atoms with Crippen LogP contribution in [-0.4, -0.2) is 34.1 Å². The predicted octanol–water partition coefficient (Wildman–Crippen LogP) is -0.169. The van der Waals surface area contributed by atoms with Crippen LogP contribution in [0.1, 0.15) is 25.7 Å². The van der Waals surface area contributed by atoms with Crippen LogP contribution in [0.5, 0.6) is 0 Å². The number of nitrogens with one attached hydrogen (secondary N) is 1. The molecule has 1 aliphatic rings. The van der Waals surface area contributed by atoms with Gasteiger partial charge in [-0.2, -0.15) is 0 Å². The number of carbonyl (C=O) groups excluding carboxylic acids is 1. The largest absolute Gasteiger partial charge is 0.481 e. The predicted molar refractivity (Wildman–Crippen MR) is 49.2 cm³/mol. The number of amides is 1. The molecule has 0 aromatic rings. The van der Waals surface area contributed by atoms with Crippen molar-refractivity contribution in [2.75, 3.05) is 0 Å². The molecule has 0 radical (unpaired) electrons. The SMILES string of the molecule is O=C(O)C[C@H](NC(=O)CC1CC1)C(=O)O. The van der Waals surface area contributed by atoms with Crippen LogP contribution in [0.4, 0.5) is 0 Å². The van der Waals surface area contributed by atoms with Crippen molar-refractivity contribution in [3.63, 3.8) is 0 Å². The first-order valence-corrected chi connectivity index (χ1v) is 4.73. The molecule has 1 saturated carbocycles. The Bertz CT molecular complexity index is 284. The van der Waals surface area contributed by atoms with Gasteiger partial charge in [-0.1, -0.05) is 0 Å². The summed E-state index contributed by atoms with van der Waals surface area (Å²) in [5.41, 5.74) is 0. The molecule has 6 heteroatoms. The van der Waals surface area contributed by atoms with E-state index in [4.69, 9.17) is 10.2 Å². The molecule has 0 spiro atoms. The summed E-state index contributed by atoms with van der Waals surface area (Å²) in [6.07, 6.45) is 1.68. The van der Waals surface area contributed by atoms with Gasteiger partial charge in [0.05, 0.1) is 6.42 Å². The zero-order chi connectivity index (χ0) is 11.4. The summed E-state index contributed by atoms with van der Waals surface area (Å²) in [6, 6.07) is -1.33. The molecule has 0 unspecified atom stereocenters. The standard InChI is InChI=1S/C9H13NO5/c11-7(3-5-1-2-5)10-6(9(14)15)4-8(12)13/h5-6H,1-4H2,(H,10,11)(H,12,13)(H,14,15)/t6-/m0/s1. The molecule has 0 aromatic carbocycles. The first kappa shape index (κ1) is 11.5. The van der Waals surface area contributed by atoms with E-state index >= 15 is 0 Å². The van der Waals surface area contributed by atoms with E-state index in [2.05, 4.69) is 5.32 Å². The summed E-state index contributed by atoms with van der Waals surface area (Å²) < 4.78 is 0. The Morgan fingerprint density at radius 2 is 1.87 bits per heavy atom. The van der Waals surface area contributed by atoms with Crippen LogP contribution >= 0.6 is 0 Å². The number of rotatable bonds is 6. The quantitative estimate of drug-likeness (QED) is 0.570. The normalized spacial score (nSPS) is 16.8. The highest BCUT2D eigenvalue weighted by atomic mass is 16.4. The highest BCUT2D eigenvalue weighted by Crippen LogP contribution is 2.32. The van der Waals surface area contributed by atoms with Crippen molar-refractivity contribution >= 4 is 17.8 Å². The maximum Gasteiger partial charge on any atom is 0.326 e. The van der Waals surface area contributed by atoms with E-state index in [0.717, 1.165) is 12.8 Å². The van der Waals surface area contributed by atoms with E-state index in [-0.39, 0.29) is 5.91 Å². The van der Waals surface area contributed by atoms with E-state index < -0.39 is 24.4 Å². The van der Waals surface area contributed by atoms with E-state index in [0.29, 0.717) is 12.3 Å². The molecule has 1 fully saturated rings. The van der Waals surface area contributed by atoms with E-state index in [1.807, 2.05) is 0 Å². The average Bonchev–Trinajstić information content (AvgIpc) is 2.85. The lowest BCUT2D eigenvalue weighted by Crippen LogP contribution is -2.42. The lowest BCUT2D eigenvalue weighted by Gasteiger charge is -2.11. The van der Waals surface area contributed by atoms with E-state index in [9.17, 15) is 14.4 Å². The Morgan fingerprint density at radius 3 is 2.27 bits per heavy atom. The molecule has 84 valence electrons. The Labute approximate surface area is 86.3 Å². The number of aliphatic carboxylic acids is 2. The fourth-order valence-electron chi connectivity index (χ4n) is 1.21. The second kappa shape index (κ2) is 4.77. The molecular weight excluding hydrogens is 202 g/mol. The van der Waals surface area contributed by atoms with Crippen LogP contribution in [0.15, 0.2) is 0 Å². The van der Waals surface area contributed by atoms with Gasteiger partial charge in [-0.25, -0.2) is 4.79 Å². The molecule has 0 bridgehead atoms. The maximum atomic E-state index is 11.2. The maximum absolute atomic E-state index is 11.2. The van der Waals surface area contributed by atoms with Crippen LogP contribution < -0.4 is 5.32 Å². The third-order valence-electron chi connectivity index (χ3n) is 2.18. The Kier molecular flexibility index (Phi) is 3.65. The summed E-state index contributed by atoms with van der Waals surface area (Å²) in [6.45, 7) is 0. The van der Waals surface area contributed by atoms with Crippen molar-refractivity contribution < 1.29 is 24.6 Å². The van der Waals surface area contributed by atoms with Crippen molar-refractivity contribution in [1.29, 1.82) is 0 Å². The molecule has 1 atom stereocenters. The van der Waals surface area contributed by atoms with E-state index in [1.54, 1.807) is 0 Å². The van der Waals surface area contributed by atoms with Crippen molar-refractivity contribution in [3.8, 4) is 0 Å². The molecule has 1 amide bonds. The second-order valence-corrected chi connectivity index (χ2v) is 3.70. The van der Waals surface area contributed by atoms with Gasteiger partial charge >= 0.3 is 11.9 Å². The van der Waals surface area contributed by atoms with Gasteiger partial charge in [0, 0.05) is 6.42 Å². The number of hydrogen-bond acceptors (Lipinski definition) is 3. The molecule has 0 aromatic heterocycles. The molecule has 0 aliphatic heterocycles. The minimum absolute atomic E-state index is 0.295. The van der Waals surface area contributed by atoms with Crippen LogP contribution in [0, 0.1) is 5.92 Å². The van der Waals surface area contributed by atoms with Gasteiger partial charge in [-0.05, 0) is 18.8 Å². The third-order valence-corrected chi connectivity index (χ3v) is 2.18. The number of carboxylic acids is 2. The minimum atomic E-state index is -1.33.